The molecule has 0 saturated carbocycles. The Morgan fingerprint density at radius 3 is 2.66 bits per heavy atom. The van der Waals surface area contributed by atoms with Crippen molar-refractivity contribution < 1.29 is 9.53 Å². The van der Waals surface area contributed by atoms with Gasteiger partial charge in [0.05, 0.1) is 15.8 Å². The fourth-order valence-corrected chi connectivity index (χ4v) is 6.18. The first-order valence-corrected chi connectivity index (χ1v) is 13.1. The normalized spacial score (nSPS) is 15.6. The number of thiazole rings is 1. The van der Waals surface area contributed by atoms with Crippen molar-refractivity contribution in [2.45, 2.75) is 19.6 Å². The van der Waals surface area contributed by atoms with Crippen LogP contribution >= 0.6 is 45.9 Å². The number of fused-ring (bicyclic) bond motifs is 1. The lowest BCUT2D eigenvalue weighted by molar-refractivity contribution is -0.140. The van der Waals surface area contributed by atoms with Gasteiger partial charge in [-0.3, -0.25) is 9.36 Å². The first-order valence-electron chi connectivity index (χ1n) is 10.6. The summed E-state index contributed by atoms with van der Waals surface area (Å²) in [6.45, 7) is 1.90. The van der Waals surface area contributed by atoms with Gasteiger partial charge >= 0.3 is 5.97 Å². The Morgan fingerprint density at radius 1 is 1.14 bits per heavy atom. The van der Waals surface area contributed by atoms with Gasteiger partial charge in [0.15, 0.2) is 4.80 Å². The van der Waals surface area contributed by atoms with Gasteiger partial charge in [-0.1, -0.05) is 77.0 Å². The van der Waals surface area contributed by atoms with Crippen molar-refractivity contribution in [2.24, 2.45) is 4.99 Å². The minimum absolute atomic E-state index is 0.132. The predicted molar refractivity (Wildman–Crippen MR) is 141 cm³/mol. The van der Waals surface area contributed by atoms with E-state index in [4.69, 9.17) is 27.9 Å². The van der Waals surface area contributed by atoms with Crippen molar-refractivity contribution in [1.82, 2.24) is 4.57 Å². The van der Waals surface area contributed by atoms with Crippen molar-refractivity contribution in [3.8, 4) is 0 Å². The van der Waals surface area contributed by atoms with Crippen LogP contribution in [0.25, 0.3) is 6.08 Å². The summed E-state index contributed by atoms with van der Waals surface area (Å²) in [5.41, 5.74) is 2.18. The highest BCUT2D eigenvalue weighted by Gasteiger charge is 2.34. The molecule has 35 heavy (non-hydrogen) atoms. The second kappa shape index (κ2) is 9.95. The summed E-state index contributed by atoms with van der Waals surface area (Å²) in [6, 6.07) is 17.7. The van der Waals surface area contributed by atoms with Crippen LogP contribution in [0.4, 0.5) is 0 Å². The molecule has 0 radical (unpaired) electrons. The fraction of sp³-hybridized carbons (Fsp3) is 0.115. The molecule has 0 unspecified atom stereocenters. The largest absolute Gasteiger partial charge is 0.457 e. The Morgan fingerprint density at radius 2 is 1.94 bits per heavy atom. The number of carbonyl (C=O) groups excluding carboxylic acids is 1. The molecular weight excluding hydrogens is 523 g/mol. The molecule has 176 valence electrons. The summed E-state index contributed by atoms with van der Waals surface area (Å²) in [6.07, 6.45) is 1.72. The number of hydrogen-bond acceptors (Lipinski definition) is 6. The van der Waals surface area contributed by atoms with Gasteiger partial charge in [-0.05, 0) is 47.7 Å². The lowest BCUT2D eigenvalue weighted by Gasteiger charge is -2.23. The third-order valence-electron chi connectivity index (χ3n) is 5.52. The first kappa shape index (κ1) is 23.8. The van der Waals surface area contributed by atoms with E-state index in [1.54, 1.807) is 35.8 Å². The molecule has 0 amide bonds. The molecule has 0 fully saturated rings. The Kier molecular flexibility index (Phi) is 6.75. The van der Waals surface area contributed by atoms with Crippen LogP contribution in [0.1, 0.15) is 29.0 Å². The molecule has 5 nitrogen and oxygen atoms in total. The van der Waals surface area contributed by atoms with Gasteiger partial charge in [0.2, 0.25) is 0 Å². The summed E-state index contributed by atoms with van der Waals surface area (Å²) in [4.78, 5) is 32.9. The Bertz CT molecular complexity index is 1620. The van der Waals surface area contributed by atoms with Crippen molar-refractivity contribution in [2.75, 3.05) is 0 Å². The highest BCUT2D eigenvalue weighted by molar-refractivity contribution is 7.10. The fourth-order valence-electron chi connectivity index (χ4n) is 3.86. The molecule has 1 atom stereocenters. The summed E-state index contributed by atoms with van der Waals surface area (Å²) in [7, 11) is 0. The topological polar surface area (TPSA) is 60.7 Å². The third-order valence-corrected chi connectivity index (χ3v) is 7.99. The molecule has 3 heterocycles. The number of rotatable bonds is 5. The summed E-state index contributed by atoms with van der Waals surface area (Å²) >= 11 is 15.1. The number of halogens is 2. The molecule has 4 aromatic rings. The van der Waals surface area contributed by atoms with Crippen LogP contribution in [0.5, 0.6) is 0 Å². The number of hydrogen-bond donors (Lipinski definition) is 0. The number of benzene rings is 2. The van der Waals surface area contributed by atoms with Crippen LogP contribution in [0.15, 0.2) is 87.1 Å². The minimum atomic E-state index is -0.627. The molecule has 2 aromatic heterocycles. The van der Waals surface area contributed by atoms with Gasteiger partial charge in [0.25, 0.3) is 5.56 Å². The lowest BCUT2D eigenvalue weighted by atomic mass is 10.0. The van der Waals surface area contributed by atoms with E-state index in [1.807, 2.05) is 47.8 Å². The molecule has 0 bridgehead atoms. The highest BCUT2D eigenvalue weighted by atomic mass is 35.5. The molecule has 1 aliphatic heterocycles. The molecule has 1 aliphatic rings. The lowest BCUT2D eigenvalue weighted by Crippen LogP contribution is -2.39. The van der Waals surface area contributed by atoms with E-state index in [0.29, 0.717) is 36.2 Å². The molecule has 0 N–H and O–H groups in total. The zero-order valence-corrected chi connectivity index (χ0v) is 21.5. The average molecular weight is 541 g/mol. The van der Waals surface area contributed by atoms with Gasteiger partial charge in [-0.25, -0.2) is 9.79 Å². The van der Waals surface area contributed by atoms with E-state index in [2.05, 4.69) is 4.99 Å². The number of carbonyl (C=O) groups is 1. The van der Waals surface area contributed by atoms with Crippen LogP contribution in [-0.4, -0.2) is 10.5 Å². The van der Waals surface area contributed by atoms with Crippen LogP contribution in [0.2, 0.25) is 10.0 Å². The number of esters is 1. The van der Waals surface area contributed by atoms with Crippen LogP contribution < -0.4 is 14.9 Å². The summed E-state index contributed by atoms with van der Waals surface area (Å²) in [5, 5.41) is 2.88. The van der Waals surface area contributed by atoms with Gasteiger partial charge in [-0.15, -0.1) is 11.3 Å². The zero-order valence-electron chi connectivity index (χ0n) is 18.4. The maximum absolute atomic E-state index is 13.6. The van der Waals surface area contributed by atoms with Gasteiger partial charge in [-0.2, -0.15) is 0 Å². The van der Waals surface area contributed by atoms with E-state index >= 15 is 0 Å². The van der Waals surface area contributed by atoms with Crippen LogP contribution in [0, 0.1) is 0 Å². The minimum Gasteiger partial charge on any atom is -0.457 e. The van der Waals surface area contributed by atoms with Gasteiger partial charge < -0.3 is 4.74 Å². The van der Waals surface area contributed by atoms with Crippen molar-refractivity contribution in [3.63, 3.8) is 0 Å². The number of nitrogens with zero attached hydrogens (tertiary/aromatic N) is 2. The number of allylic oxidation sites excluding steroid dienone is 1. The van der Waals surface area contributed by atoms with Gasteiger partial charge in [0, 0.05) is 14.9 Å². The van der Waals surface area contributed by atoms with E-state index in [1.165, 1.54) is 22.7 Å². The molecular formula is C26H18Cl2N2O3S2. The van der Waals surface area contributed by atoms with Crippen molar-refractivity contribution in [3.05, 3.63) is 123 Å². The second-order valence-electron chi connectivity index (χ2n) is 7.82. The van der Waals surface area contributed by atoms with Crippen molar-refractivity contribution >= 4 is 57.9 Å². The van der Waals surface area contributed by atoms with Crippen LogP contribution in [-0.2, 0) is 16.1 Å². The molecule has 0 aliphatic carbocycles. The van der Waals surface area contributed by atoms with Gasteiger partial charge in [0.1, 0.15) is 12.6 Å². The first-order chi connectivity index (χ1) is 16.9. The molecule has 0 spiro atoms. The van der Waals surface area contributed by atoms with E-state index in [9.17, 15) is 9.59 Å². The monoisotopic (exact) mass is 540 g/mol. The highest BCUT2D eigenvalue weighted by Crippen LogP contribution is 2.33. The zero-order chi connectivity index (χ0) is 24.5. The Balaban J connectivity index is 1.59. The van der Waals surface area contributed by atoms with Crippen LogP contribution in [0.3, 0.4) is 0 Å². The standard InChI is InChI=1S/C26H18Cl2N2O3S2/c1-15-22(25(32)33-14-16-6-3-2-4-7-16)23(20-8-5-11-34-20)30-24(31)21(35-26(30)29-15)12-17-9-10-18(27)13-19(17)28/h2-13,23H,14H2,1H3/b21-12+/t23-/m1/s1. The average Bonchev–Trinajstić information content (AvgIpc) is 3.48. The maximum atomic E-state index is 13.6. The molecule has 5 rings (SSSR count). The SMILES string of the molecule is CC1=C(C(=O)OCc2ccccc2)[C@@H](c2cccs2)n2c(s/c(=C/c3ccc(Cl)cc3Cl)c2=O)=N1. The second-order valence-corrected chi connectivity index (χ2v) is 10.7. The summed E-state index contributed by atoms with van der Waals surface area (Å²) in [5.74, 6) is -0.497. The molecule has 0 saturated heterocycles. The number of aromatic nitrogens is 1. The molecule has 9 heteroatoms. The number of thiophene rings is 1. The van der Waals surface area contributed by atoms with E-state index in [0.717, 1.165) is 10.4 Å². The smallest absolute Gasteiger partial charge is 0.338 e. The Labute approximate surface area is 218 Å². The predicted octanol–water partition coefficient (Wildman–Crippen LogP) is 5.35. The van der Waals surface area contributed by atoms with E-state index < -0.39 is 12.0 Å². The van der Waals surface area contributed by atoms with Crippen molar-refractivity contribution in [1.29, 1.82) is 0 Å². The number of ether oxygens (including phenoxy) is 1. The third kappa shape index (κ3) is 4.77. The summed E-state index contributed by atoms with van der Waals surface area (Å²) < 4.78 is 7.68. The molecule has 2 aromatic carbocycles. The maximum Gasteiger partial charge on any atom is 0.338 e. The van der Waals surface area contributed by atoms with E-state index in [-0.39, 0.29) is 12.2 Å². The quantitative estimate of drug-likeness (QED) is 0.320. The Hall–Kier alpha value is -2.97.